The summed E-state index contributed by atoms with van der Waals surface area (Å²) in [6.07, 6.45) is 5.70. The molecule has 0 aromatic heterocycles. The van der Waals surface area contributed by atoms with Gasteiger partial charge in [0.25, 0.3) is 0 Å². The second-order valence-electron chi connectivity index (χ2n) is 7.88. The number of carbonyl (C=O) groups is 1. The summed E-state index contributed by atoms with van der Waals surface area (Å²) in [5.74, 6) is 0.712. The van der Waals surface area contributed by atoms with E-state index in [1.165, 1.54) is 19.3 Å². The molecule has 0 radical (unpaired) electrons. The van der Waals surface area contributed by atoms with Gasteiger partial charge in [0.1, 0.15) is 18.6 Å². The molecule has 0 N–H and O–H groups in total. The predicted octanol–water partition coefficient (Wildman–Crippen LogP) is 3.57. The lowest BCUT2D eigenvalue weighted by molar-refractivity contribution is -0.0213. The fourth-order valence-corrected chi connectivity index (χ4v) is 2.91. The first-order valence-electron chi connectivity index (χ1n) is 13.1. The lowest BCUT2D eigenvalue weighted by Crippen LogP contribution is -2.15. The maximum atomic E-state index is 10.6. The predicted molar refractivity (Wildman–Crippen MR) is 137 cm³/mol. The van der Waals surface area contributed by atoms with Crippen molar-refractivity contribution in [1.82, 2.24) is 0 Å². The van der Waals surface area contributed by atoms with Gasteiger partial charge in [0.05, 0.1) is 85.9 Å². The zero-order chi connectivity index (χ0) is 25.8. The van der Waals surface area contributed by atoms with E-state index < -0.39 is 0 Å². The number of aldehydes is 1. The Kier molecular flexibility index (Phi) is 23.9. The first-order valence-corrected chi connectivity index (χ1v) is 13.1. The highest BCUT2D eigenvalue weighted by atomic mass is 16.6. The molecule has 1 aromatic rings. The average molecular weight is 515 g/mol. The molecule has 0 unspecified atom stereocenters. The summed E-state index contributed by atoms with van der Waals surface area (Å²) in [5.41, 5.74) is 0.625. The van der Waals surface area contributed by atoms with Gasteiger partial charge in [-0.2, -0.15) is 0 Å². The fraction of sp³-hybridized carbons (Fsp3) is 0.741. The summed E-state index contributed by atoms with van der Waals surface area (Å²) < 4.78 is 43.8. The van der Waals surface area contributed by atoms with Crippen molar-refractivity contribution in [3.05, 3.63) is 29.8 Å². The van der Waals surface area contributed by atoms with Crippen LogP contribution in [0.25, 0.3) is 0 Å². The normalized spacial score (nSPS) is 11.1. The van der Waals surface area contributed by atoms with Crippen molar-refractivity contribution in [2.45, 2.75) is 32.6 Å². The molecule has 0 fully saturated rings. The minimum atomic E-state index is 0.442. The minimum Gasteiger partial charge on any atom is -0.491 e. The van der Waals surface area contributed by atoms with Crippen LogP contribution in [0, 0.1) is 0 Å². The van der Waals surface area contributed by atoms with Crippen LogP contribution in [0.3, 0.4) is 0 Å². The van der Waals surface area contributed by atoms with Gasteiger partial charge in [-0.25, -0.2) is 0 Å². The van der Waals surface area contributed by atoms with Crippen LogP contribution in [-0.4, -0.2) is 105 Å². The van der Waals surface area contributed by atoms with Crippen LogP contribution in [0.1, 0.15) is 43.0 Å². The highest BCUT2D eigenvalue weighted by Crippen LogP contribution is 2.10. The Morgan fingerprint density at radius 3 is 1.28 bits per heavy atom. The van der Waals surface area contributed by atoms with Gasteiger partial charge in [-0.3, -0.25) is 4.79 Å². The Hall–Kier alpha value is -1.59. The van der Waals surface area contributed by atoms with E-state index in [0.717, 1.165) is 19.3 Å². The molecular formula is C27H46O9. The van der Waals surface area contributed by atoms with Gasteiger partial charge >= 0.3 is 0 Å². The van der Waals surface area contributed by atoms with E-state index in [-0.39, 0.29) is 0 Å². The number of ether oxygens (including phenoxy) is 8. The van der Waals surface area contributed by atoms with E-state index in [1.807, 2.05) is 0 Å². The van der Waals surface area contributed by atoms with Crippen LogP contribution in [0.2, 0.25) is 0 Å². The van der Waals surface area contributed by atoms with Gasteiger partial charge in [0.15, 0.2) is 0 Å². The van der Waals surface area contributed by atoms with Gasteiger partial charge < -0.3 is 37.9 Å². The zero-order valence-corrected chi connectivity index (χ0v) is 22.0. The summed E-state index contributed by atoms with van der Waals surface area (Å²) in [6.45, 7) is 10.5. The molecule has 9 nitrogen and oxygen atoms in total. The second-order valence-corrected chi connectivity index (χ2v) is 7.88. The Labute approximate surface area is 216 Å². The molecule has 0 saturated carbocycles. The van der Waals surface area contributed by atoms with E-state index in [2.05, 4.69) is 6.92 Å². The standard InChI is InChI=1S/C27H46O9/c1-2-3-4-5-10-29-11-12-30-13-14-31-15-16-32-17-18-33-19-20-34-21-22-35-23-24-36-27-8-6-26(25-28)7-9-27/h6-9,25H,2-5,10-24H2,1H3. The van der Waals surface area contributed by atoms with Crippen molar-refractivity contribution < 1.29 is 42.7 Å². The molecule has 9 heteroatoms. The van der Waals surface area contributed by atoms with Crippen LogP contribution < -0.4 is 4.74 Å². The van der Waals surface area contributed by atoms with Gasteiger partial charge in [-0.1, -0.05) is 26.2 Å². The first kappa shape index (κ1) is 32.4. The molecule has 208 valence electrons. The number of hydrogen-bond donors (Lipinski definition) is 0. The van der Waals surface area contributed by atoms with Crippen molar-refractivity contribution in [3.63, 3.8) is 0 Å². The van der Waals surface area contributed by atoms with Gasteiger partial charge in [0, 0.05) is 12.2 Å². The monoisotopic (exact) mass is 514 g/mol. The zero-order valence-electron chi connectivity index (χ0n) is 22.0. The number of benzene rings is 1. The van der Waals surface area contributed by atoms with Crippen molar-refractivity contribution in [3.8, 4) is 5.75 Å². The van der Waals surface area contributed by atoms with Crippen LogP contribution >= 0.6 is 0 Å². The highest BCUT2D eigenvalue weighted by molar-refractivity contribution is 5.74. The Morgan fingerprint density at radius 1 is 0.500 bits per heavy atom. The van der Waals surface area contributed by atoms with Crippen molar-refractivity contribution in [2.75, 3.05) is 99.1 Å². The number of rotatable bonds is 28. The molecule has 1 rings (SSSR count). The van der Waals surface area contributed by atoms with E-state index >= 15 is 0 Å². The van der Waals surface area contributed by atoms with Gasteiger partial charge in [-0.05, 0) is 30.7 Å². The van der Waals surface area contributed by atoms with Crippen molar-refractivity contribution >= 4 is 6.29 Å². The number of carbonyl (C=O) groups excluding carboxylic acids is 1. The summed E-state index contributed by atoms with van der Waals surface area (Å²) >= 11 is 0. The summed E-state index contributed by atoms with van der Waals surface area (Å²) in [4.78, 5) is 10.6. The SMILES string of the molecule is CCCCCCOCCOCCOCCOCCOCCOCCOCCOc1ccc(C=O)cc1. The molecule has 0 atom stereocenters. The molecule has 0 heterocycles. The summed E-state index contributed by atoms with van der Waals surface area (Å²) in [6, 6.07) is 6.95. The summed E-state index contributed by atoms with van der Waals surface area (Å²) in [5, 5.41) is 0. The van der Waals surface area contributed by atoms with E-state index in [9.17, 15) is 4.79 Å². The molecule has 1 aromatic carbocycles. The Bertz CT molecular complexity index is 583. The van der Waals surface area contributed by atoms with Crippen molar-refractivity contribution in [1.29, 1.82) is 0 Å². The number of hydrogen-bond acceptors (Lipinski definition) is 9. The smallest absolute Gasteiger partial charge is 0.150 e. The second kappa shape index (κ2) is 26.5. The summed E-state index contributed by atoms with van der Waals surface area (Å²) in [7, 11) is 0. The topological polar surface area (TPSA) is 90.9 Å². The first-order chi connectivity index (χ1) is 17.9. The Balaban J connectivity index is 1.67. The molecule has 0 aliphatic heterocycles. The van der Waals surface area contributed by atoms with Crippen molar-refractivity contribution in [2.24, 2.45) is 0 Å². The maximum absolute atomic E-state index is 10.6. The lowest BCUT2D eigenvalue weighted by Gasteiger charge is -2.09. The average Bonchev–Trinajstić information content (AvgIpc) is 2.91. The lowest BCUT2D eigenvalue weighted by atomic mass is 10.2. The third kappa shape index (κ3) is 21.7. The van der Waals surface area contributed by atoms with E-state index in [0.29, 0.717) is 104 Å². The largest absolute Gasteiger partial charge is 0.491 e. The minimum absolute atomic E-state index is 0.442. The molecule has 0 saturated heterocycles. The van der Waals surface area contributed by atoms with E-state index in [1.54, 1.807) is 24.3 Å². The van der Waals surface area contributed by atoms with Crippen LogP contribution in [-0.2, 0) is 33.2 Å². The Morgan fingerprint density at radius 2 is 0.889 bits per heavy atom. The molecule has 36 heavy (non-hydrogen) atoms. The molecule has 0 spiro atoms. The fourth-order valence-electron chi connectivity index (χ4n) is 2.91. The maximum Gasteiger partial charge on any atom is 0.150 e. The van der Waals surface area contributed by atoms with Gasteiger partial charge in [0.2, 0.25) is 0 Å². The van der Waals surface area contributed by atoms with Gasteiger partial charge in [-0.15, -0.1) is 0 Å². The highest BCUT2D eigenvalue weighted by Gasteiger charge is 1.97. The molecule has 0 aliphatic carbocycles. The molecule has 0 bridgehead atoms. The van der Waals surface area contributed by atoms with Crippen LogP contribution in [0.5, 0.6) is 5.75 Å². The quantitative estimate of drug-likeness (QED) is 0.123. The molecule has 0 aliphatic rings. The molecule has 0 amide bonds. The number of unbranched alkanes of at least 4 members (excludes halogenated alkanes) is 3. The van der Waals surface area contributed by atoms with Crippen LogP contribution in [0.15, 0.2) is 24.3 Å². The third-order valence-corrected chi connectivity index (χ3v) is 4.89. The third-order valence-electron chi connectivity index (χ3n) is 4.89. The molecular weight excluding hydrogens is 468 g/mol. The van der Waals surface area contributed by atoms with E-state index in [4.69, 9.17) is 37.9 Å². The van der Waals surface area contributed by atoms with Crippen LogP contribution in [0.4, 0.5) is 0 Å².